The number of hydrogen-bond donors (Lipinski definition) is 0. The highest BCUT2D eigenvalue weighted by Gasteiger charge is 2.14. The van der Waals surface area contributed by atoms with Gasteiger partial charge in [-0.2, -0.15) is 0 Å². The summed E-state index contributed by atoms with van der Waals surface area (Å²) >= 11 is 0. The molecule has 0 saturated carbocycles. The molecule has 2 nitrogen and oxygen atoms in total. The fourth-order valence-corrected chi connectivity index (χ4v) is 1.88. The fourth-order valence-electron chi connectivity index (χ4n) is 1.88. The lowest BCUT2D eigenvalue weighted by Crippen LogP contribution is -2.13. The highest BCUT2D eigenvalue weighted by atomic mass is 16.2. The summed E-state index contributed by atoms with van der Waals surface area (Å²) in [7, 11) is 0. The molecule has 1 aromatic rings. The van der Waals surface area contributed by atoms with Gasteiger partial charge in [-0.25, -0.2) is 0 Å². The van der Waals surface area contributed by atoms with Crippen LogP contribution in [0.4, 0.5) is 0 Å². The Labute approximate surface area is 109 Å². The van der Waals surface area contributed by atoms with Gasteiger partial charge in [0.15, 0.2) is 0 Å². The molecule has 0 aromatic heterocycles. The first-order valence-electron chi connectivity index (χ1n) is 6.74. The van der Waals surface area contributed by atoms with E-state index in [-0.39, 0.29) is 11.6 Å². The van der Waals surface area contributed by atoms with E-state index >= 15 is 0 Å². The van der Waals surface area contributed by atoms with Crippen LogP contribution in [0.25, 0.3) is 0 Å². The van der Waals surface area contributed by atoms with Gasteiger partial charge < -0.3 is 0 Å². The minimum Gasteiger partial charge on any atom is -0.290 e. The van der Waals surface area contributed by atoms with Crippen LogP contribution in [-0.4, -0.2) is 11.6 Å². The van der Waals surface area contributed by atoms with Crippen molar-refractivity contribution in [3.05, 3.63) is 35.9 Å². The first kappa shape index (κ1) is 14.6. The van der Waals surface area contributed by atoms with E-state index in [1.54, 1.807) is 24.3 Å². The number of carbonyl (C=O) groups is 2. The van der Waals surface area contributed by atoms with E-state index in [4.69, 9.17) is 0 Å². The van der Waals surface area contributed by atoms with E-state index in [0.717, 1.165) is 19.3 Å². The second-order valence-corrected chi connectivity index (χ2v) is 5.11. The van der Waals surface area contributed by atoms with Crippen LogP contribution in [0.5, 0.6) is 0 Å². The zero-order valence-electron chi connectivity index (χ0n) is 11.3. The van der Waals surface area contributed by atoms with E-state index in [1.807, 2.05) is 6.07 Å². The Morgan fingerprint density at radius 2 is 1.67 bits per heavy atom. The molecule has 0 spiro atoms. The SMILES string of the molecule is CC(C)CCCCCC(=O)C(=O)c1ccccc1. The minimum absolute atomic E-state index is 0.259. The molecule has 0 saturated heterocycles. The van der Waals surface area contributed by atoms with Crippen LogP contribution < -0.4 is 0 Å². The first-order chi connectivity index (χ1) is 8.61. The first-order valence-corrected chi connectivity index (χ1v) is 6.74. The van der Waals surface area contributed by atoms with Gasteiger partial charge in [0.05, 0.1) is 0 Å². The molecule has 0 aliphatic rings. The monoisotopic (exact) mass is 246 g/mol. The maximum atomic E-state index is 11.8. The molecule has 0 aliphatic carbocycles. The molecule has 0 radical (unpaired) electrons. The summed E-state index contributed by atoms with van der Waals surface area (Å²) in [5, 5.41) is 0. The Morgan fingerprint density at radius 1 is 1.00 bits per heavy atom. The lowest BCUT2D eigenvalue weighted by atomic mass is 10.0. The normalized spacial score (nSPS) is 10.6. The van der Waals surface area contributed by atoms with E-state index in [1.165, 1.54) is 6.42 Å². The second kappa shape index (κ2) is 7.80. The number of Topliss-reactive ketones (excluding diaryl/α,β-unsaturated/α-hetero) is 2. The summed E-state index contributed by atoms with van der Waals surface area (Å²) in [6.07, 6.45) is 4.58. The van der Waals surface area contributed by atoms with Crippen LogP contribution in [0.15, 0.2) is 30.3 Å². The zero-order chi connectivity index (χ0) is 13.4. The van der Waals surface area contributed by atoms with Gasteiger partial charge in [-0.05, 0) is 12.3 Å². The van der Waals surface area contributed by atoms with Gasteiger partial charge in [0.2, 0.25) is 11.6 Å². The number of hydrogen-bond acceptors (Lipinski definition) is 2. The Kier molecular flexibility index (Phi) is 6.34. The topological polar surface area (TPSA) is 34.1 Å². The average molecular weight is 246 g/mol. The number of unbranched alkanes of at least 4 members (excludes halogenated alkanes) is 2. The van der Waals surface area contributed by atoms with E-state index in [0.29, 0.717) is 17.9 Å². The van der Waals surface area contributed by atoms with Crippen molar-refractivity contribution in [1.29, 1.82) is 0 Å². The number of ketones is 2. The standard InChI is InChI=1S/C16H22O2/c1-13(2)9-5-3-8-12-15(17)16(18)14-10-6-4-7-11-14/h4,6-7,10-11,13H,3,5,8-9,12H2,1-2H3. The Hall–Kier alpha value is -1.44. The summed E-state index contributed by atoms with van der Waals surface area (Å²) < 4.78 is 0. The number of rotatable bonds is 8. The quantitative estimate of drug-likeness (QED) is 0.394. The third-order valence-electron chi connectivity index (χ3n) is 2.97. The van der Waals surface area contributed by atoms with Crippen LogP contribution in [-0.2, 0) is 4.79 Å². The molecule has 1 aromatic carbocycles. The summed E-state index contributed by atoms with van der Waals surface area (Å²) in [6.45, 7) is 4.40. The molecule has 0 unspecified atom stereocenters. The van der Waals surface area contributed by atoms with Crippen molar-refractivity contribution in [3.8, 4) is 0 Å². The van der Waals surface area contributed by atoms with Gasteiger partial charge in [-0.3, -0.25) is 9.59 Å². The summed E-state index contributed by atoms with van der Waals surface area (Å²) in [5.74, 6) is 0.108. The zero-order valence-corrected chi connectivity index (χ0v) is 11.3. The molecule has 0 N–H and O–H groups in total. The van der Waals surface area contributed by atoms with Crippen molar-refractivity contribution in [2.75, 3.05) is 0 Å². The van der Waals surface area contributed by atoms with Gasteiger partial charge in [0.1, 0.15) is 0 Å². The van der Waals surface area contributed by atoms with Crippen molar-refractivity contribution in [3.63, 3.8) is 0 Å². The van der Waals surface area contributed by atoms with Crippen LogP contribution in [0.2, 0.25) is 0 Å². The van der Waals surface area contributed by atoms with Crippen LogP contribution >= 0.6 is 0 Å². The van der Waals surface area contributed by atoms with Crippen LogP contribution in [0.1, 0.15) is 56.3 Å². The highest BCUT2D eigenvalue weighted by molar-refractivity contribution is 6.43. The van der Waals surface area contributed by atoms with Gasteiger partial charge in [0.25, 0.3) is 0 Å². The molecule has 98 valence electrons. The molecule has 0 bridgehead atoms. The van der Waals surface area contributed by atoms with Gasteiger partial charge >= 0.3 is 0 Å². The van der Waals surface area contributed by atoms with Gasteiger partial charge in [-0.1, -0.05) is 63.4 Å². The average Bonchev–Trinajstić information content (AvgIpc) is 2.38. The molecule has 0 heterocycles. The lowest BCUT2D eigenvalue weighted by Gasteiger charge is -2.04. The molecule has 1 rings (SSSR count). The third-order valence-corrected chi connectivity index (χ3v) is 2.97. The smallest absolute Gasteiger partial charge is 0.228 e. The van der Waals surface area contributed by atoms with E-state index in [2.05, 4.69) is 13.8 Å². The van der Waals surface area contributed by atoms with Gasteiger partial charge in [0, 0.05) is 12.0 Å². The maximum absolute atomic E-state index is 11.8. The highest BCUT2D eigenvalue weighted by Crippen LogP contribution is 2.11. The Bertz CT molecular complexity index is 379. The molecule has 0 amide bonds. The Balaban J connectivity index is 2.27. The van der Waals surface area contributed by atoms with Crippen LogP contribution in [0, 0.1) is 5.92 Å². The fraction of sp³-hybridized carbons (Fsp3) is 0.500. The molecule has 0 atom stereocenters. The molecule has 2 heteroatoms. The van der Waals surface area contributed by atoms with Crippen molar-refractivity contribution in [2.45, 2.75) is 46.0 Å². The minimum atomic E-state index is -0.348. The van der Waals surface area contributed by atoms with Crippen molar-refractivity contribution < 1.29 is 9.59 Å². The van der Waals surface area contributed by atoms with E-state index < -0.39 is 0 Å². The predicted octanol–water partition coefficient (Wildman–Crippen LogP) is 4.04. The summed E-state index contributed by atoms with van der Waals surface area (Å²) in [6, 6.07) is 8.79. The molecule has 0 aliphatic heterocycles. The number of benzene rings is 1. The maximum Gasteiger partial charge on any atom is 0.228 e. The molecular formula is C16H22O2. The molecular weight excluding hydrogens is 224 g/mol. The van der Waals surface area contributed by atoms with Crippen LogP contribution in [0.3, 0.4) is 0 Å². The largest absolute Gasteiger partial charge is 0.290 e. The van der Waals surface area contributed by atoms with Crippen molar-refractivity contribution in [1.82, 2.24) is 0 Å². The second-order valence-electron chi connectivity index (χ2n) is 5.11. The molecule has 0 fully saturated rings. The van der Waals surface area contributed by atoms with E-state index in [9.17, 15) is 9.59 Å². The molecule has 18 heavy (non-hydrogen) atoms. The lowest BCUT2D eigenvalue weighted by molar-refractivity contribution is -0.115. The predicted molar refractivity (Wildman–Crippen MR) is 73.7 cm³/mol. The summed E-state index contributed by atoms with van der Waals surface area (Å²) in [4.78, 5) is 23.5. The van der Waals surface area contributed by atoms with Gasteiger partial charge in [-0.15, -0.1) is 0 Å². The van der Waals surface area contributed by atoms with Crippen molar-refractivity contribution in [2.24, 2.45) is 5.92 Å². The Morgan fingerprint density at radius 3 is 2.28 bits per heavy atom. The summed E-state index contributed by atoms with van der Waals surface area (Å²) in [5.41, 5.74) is 0.504. The third kappa shape index (κ3) is 5.26. The van der Waals surface area contributed by atoms with Crippen molar-refractivity contribution >= 4 is 11.6 Å². The number of carbonyl (C=O) groups excluding carboxylic acids is 2.